The van der Waals surface area contributed by atoms with Crippen LogP contribution in [-0.4, -0.2) is 46.8 Å². The maximum absolute atomic E-state index is 11.8. The van der Waals surface area contributed by atoms with Crippen molar-refractivity contribution in [3.8, 4) is 5.75 Å². The van der Waals surface area contributed by atoms with Crippen LogP contribution in [0.4, 0.5) is 11.4 Å². The second-order valence-electron chi connectivity index (χ2n) is 12.8. The average molecular weight is 698 g/mol. The number of carbonyl (C=O) groups is 1. The van der Waals surface area contributed by atoms with Crippen LogP contribution in [0.2, 0.25) is 0 Å². The third-order valence-corrected chi connectivity index (χ3v) is 11.8. The first-order valence-corrected chi connectivity index (χ1v) is 21.3. The molecule has 1 unspecified atom stereocenters. The Morgan fingerprint density at radius 2 is 1.14 bits per heavy atom. The number of ether oxygens (including phenoxy) is 1. The summed E-state index contributed by atoms with van der Waals surface area (Å²) < 4.78 is 25.5. The van der Waals surface area contributed by atoms with Gasteiger partial charge in [-0.1, -0.05) is 90.2 Å². The van der Waals surface area contributed by atoms with Gasteiger partial charge in [-0.15, -0.1) is 0 Å². The highest BCUT2D eigenvalue weighted by molar-refractivity contribution is 6.62. The van der Waals surface area contributed by atoms with E-state index in [-0.39, 0.29) is 11.6 Å². The lowest BCUT2D eigenvalue weighted by molar-refractivity contribution is -0.121. The molecule has 49 heavy (non-hydrogen) atoms. The van der Waals surface area contributed by atoms with Gasteiger partial charge in [0.15, 0.2) is 5.73 Å². The van der Waals surface area contributed by atoms with Gasteiger partial charge in [-0.2, -0.15) is 10.2 Å². The lowest BCUT2D eigenvalue weighted by Crippen LogP contribution is -2.59. The number of nitrogens with zero attached hydrogens (tertiary/aromatic N) is 2. The minimum absolute atomic E-state index is 0.203. The van der Waals surface area contributed by atoms with E-state index in [0.29, 0.717) is 26.2 Å². The van der Waals surface area contributed by atoms with Crippen LogP contribution in [0.15, 0.2) is 58.8 Å². The lowest BCUT2D eigenvalue weighted by atomic mass is 10.1. The van der Waals surface area contributed by atoms with Crippen molar-refractivity contribution in [3.63, 3.8) is 0 Å². The van der Waals surface area contributed by atoms with Crippen molar-refractivity contribution in [1.82, 2.24) is 5.32 Å². The number of amides is 1. The van der Waals surface area contributed by atoms with Crippen molar-refractivity contribution in [1.29, 1.82) is 0 Å². The molecule has 1 amide bonds. The Balaban J connectivity index is 1.86. The molecular formula is C40H67N3O5Si. The van der Waals surface area contributed by atoms with Gasteiger partial charge in [0.1, 0.15) is 5.75 Å². The van der Waals surface area contributed by atoms with E-state index in [2.05, 4.69) is 41.5 Å². The standard InChI is InChI=1S/C40H67N3O5Si/c1-6-11-19-23-35-26-28-36(29-27-35)42-43-37-30-32-38(33-31-37)48-40(49(45-8-3,46-9-4)47-10-5)25-21-17-15-13-14-16-18-22-34-41-39(44)24-20-12-7-2/h26-33,40H,6-25,34H2,1-5H3,(H,41,44). The summed E-state index contributed by atoms with van der Waals surface area (Å²) in [6, 6.07) is 16.1. The lowest BCUT2D eigenvalue weighted by Gasteiger charge is -2.35. The Morgan fingerprint density at radius 1 is 0.633 bits per heavy atom. The van der Waals surface area contributed by atoms with Crippen molar-refractivity contribution in [2.75, 3.05) is 26.4 Å². The molecule has 0 aliphatic heterocycles. The number of nitrogens with one attached hydrogen (secondary N) is 1. The van der Waals surface area contributed by atoms with Crippen molar-refractivity contribution in [2.24, 2.45) is 10.2 Å². The fourth-order valence-electron chi connectivity index (χ4n) is 5.86. The Bertz CT molecular complexity index is 1110. The Kier molecular flexibility index (Phi) is 23.6. The van der Waals surface area contributed by atoms with Gasteiger partial charge in [0.2, 0.25) is 5.91 Å². The predicted molar refractivity (Wildman–Crippen MR) is 204 cm³/mol. The SMILES string of the molecule is CCCCCC(=O)NCCCCCCCCCCC(Oc1ccc(N=Nc2ccc(CCCCC)cc2)cc1)[Si](OCC)(OCC)OCC. The van der Waals surface area contributed by atoms with E-state index in [1.54, 1.807) is 0 Å². The van der Waals surface area contributed by atoms with E-state index in [1.165, 1.54) is 56.9 Å². The highest BCUT2D eigenvalue weighted by atomic mass is 28.4. The third-order valence-electron chi connectivity index (χ3n) is 8.55. The largest absolute Gasteiger partial charge is 0.543 e. The summed E-state index contributed by atoms with van der Waals surface area (Å²) in [5, 5.41) is 12.0. The summed E-state index contributed by atoms with van der Waals surface area (Å²) in [4.78, 5) is 11.8. The number of hydrogen-bond acceptors (Lipinski definition) is 7. The zero-order valence-electron chi connectivity index (χ0n) is 31.5. The van der Waals surface area contributed by atoms with Gasteiger partial charge in [0.05, 0.1) is 11.4 Å². The zero-order valence-corrected chi connectivity index (χ0v) is 32.5. The molecule has 0 radical (unpaired) electrons. The first-order valence-electron chi connectivity index (χ1n) is 19.5. The molecule has 0 bridgehead atoms. The van der Waals surface area contributed by atoms with Crippen LogP contribution in [-0.2, 0) is 24.5 Å². The summed E-state index contributed by atoms with van der Waals surface area (Å²) >= 11 is 0. The maximum Gasteiger partial charge on any atom is 0.543 e. The minimum atomic E-state index is -3.10. The summed E-state index contributed by atoms with van der Waals surface area (Å²) in [6.45, 7) is 12.7. The van der Waals surface area contributed by atoms with Crippen LogP contribution in [0.5, 0.6) is 5.75 Å². The van der Waals surface area contributed by atoms with Gasteiger partial charge in [-0.3, -0.25) is 4.79 Å². The van der Waals surface area contributed by atoms with Crippen LogP contribution < -0.4 is 10.1 Å². The molecule has 0 saturated heterocycles. The summed E-state index contributed by atoms with van der Waals surface area (Å²) in [7, 11) is -3.10. The van der Waals surface area contributed by atoms with Crippen molar-refractivity contribution >= 4 is 26.1 Å². The molecule has 0 fully saturated rings. The molecule has 0 aliphatic rings. The molecule has 2 rings (SSSR count). The number of rotatable bonds is 30. The van der Waals surface area contributed by atoms with Crippen molar-refractivity contribution in [2.45, 2.75) is 149 Å². The topological polar surface area (TPSA) is 90.7 Å². The Labute approximate surface area is 299 Å². The number of azo groups is 1. The Hall–Kier alpha value is -2.59. The first kappa shape index (κ1) is 42.6. The number of hydrogen-bond donors (Lipinski definition) is 1. The molecular weight excluding hydrogens is 631 g/mol. The third kappa shape index (κ3) is 18.3. The quantitative estimate of drug-likeness (QED) is 0.0498. The minimum Gasteiger partial charge on any atom is -0.486 e. The van der Waals surface area contributed by atoms with E-state index < -0.39 is 8.80 Å². The maximum atomic E-state index is 11.8. The van der Waals surface area contributed by atoms with E-state index >= 15 is 0 Å². The van der Waals surface area contributed by atoms with Crippen molar-refractivity contribution in [3.05, 3.63) is 54.1 Å². The van der Waals surface area contributed by atoms with Gasteiger partial charge in [-0.25, -0.2) is 0 Å². The monoisotopic (exact) mass is 697 g/mol. The van der Waals surface area contributed by atoms with E-state index in [9.17, 15) is 4.79 Å². The second-order valence-corrected chi connectivity index (χ2v) is 15.5. The summed E-state index contributed by atoms with van der Waals surface area (Å²) in [5.41, 5.74) is 2.66. The van der Waals surface area contributed by atoms with Gasteiger partial charge in [-0.05, 0) is 101 Å². The van der Waals surface area contributed by atoms with E-state index in [0.717, 1.165) is 75.0 Å². The molecule has 9 heteroatoms. The van der Waals surface area contributed by atoms with Gasteiger partial charge < -0.3 is 23.3 Å². The van der Waals surface area contributed by atoms with Gasteiger partial charge >= 0.3 is 8.80 Å². The molecule has 0 heterocycles. The number of unbranched alkanes of at least 4 members (excludes halogenated alkanes) is 11. The van der Waals surface area contributed by atoms with Crippen LogP contribution in [0.3, 0.4) is 0 Å². The fourth-order valence-corrected chi connectivity index (χ4v) is 8.71. The molecule has 2 aromatic carbocycles. The number of benzene rings is 2. The Morgan fingerprint density at radius 3 is 1.69 bits per heavy atom. The van der Waals surface area contributed by atoms with Gasteiger partial charge in [0, 0.05) is 32.8 Å². The predicted octanol–water partition coefficient (Wildman–Crippen LogP) is 11.4. The van der Waals surface area contributed by atoms with Crippen LogP contribution in [0.1, 0.15) is 143 Å². The molecule has 0 saturated carbocycles. The molecule has 1 atom stereocenters. The smallest absolute Gasteiger partial charge is 0.486 e. The van der Waals surface area contributed by atoms with E-state index in [4.69, 9.17) is 18.0 Å². The summed E-state index contributed by atoms with van der Waals surface area (Å²) in [6.07, 6.45) is 18.8. The van der Waals surface area contributed by atoms with Crippen LogP contribution in [0.25, 0.3) is 0 Å². The molecule has 8 nitrogen and oxygen atoms in total. The second kappa shape index (κ2) is 27.2. The fraction of sp³-hybridized carbons (Fsp3) is 0.675. The molecule has 0 aromatic heterocycles. The highest BCUT2D eigenvalue weighted by Crippen LogP contribution is 2.28. The first-order chi connectivity index (χ1) is 24.0. The number of aryl methyl sites for hydroxylation is 1. The molecule has 1 N–H and O–H groups in total. The van der Waals surface area contributed by atoms with Crippen molar-refractivity contribution < 1.29 is 22.8 Å². The molecule has 276 valence electrons. The van der Waals surface area contributed by atoms with Crippen LogP contribution >= 0.6 is 0 Å². The average Bonchev–Trinajstić information content (AvgIpc) is 3.10. The summed E-state index contributed by atoms with van der Waals surface area (Å²) in [5.74, 6) is 0.947. The highest BCUT2D eigenvalue weighted by Gasteiger charge is 2.51. The number of carbonyl (C=O) groups excluding carboxylic acids is 1. The molecule has 0 aliphatic carbocycles. The van der Waals surface area contributed by atoms with Gasteiger partial charge in [0.25, 0.3) is 0 Å². The van der Waals surface area contributed by atoms with E-state index in [1.807, 2.05) is 57.2 Å². The molecule has 2 aromatic rings. The van der Waals surface area contributed by atoms with Crippen LogP contribution in [0, 0.1) is 0 Å². The molecule has 0 spiro atoms. The zero-order chi connectivity index (χ0) is 35.4. The normalized spacial score (nSPS) is 12.4.